The van der Waals surface area contributed by atoms with Gasteiger partial charge in [0.2, 0.25) is 0 Å². The van der Waals surface area contributed by atoms with Gasteiger partial charge >= 0.3 is 0 Å². The lowest BCUT2D eigenvalue weighted by Gasteiger charge is -2.23. The van der Waals surface area contributed by atoms with Crippen LogP contribution in [0.15, 0.2) is 24.5 Å². The van der Waals surface area contributed by atoms with Gasteiger partial charge in [0, 0.05) is 12.7 Å². The average Bonchev–Trinajstić information content (AvgIpc) is 2.45. The Balaban J connectivity index is 1.63. The fourth-order valence-corrected chi connectivity index (χ4v) is 1.51. The van der Waals surface area contributed by atoms with E-state index in [0.717, 1.165) is 0 Å². The summed E-state index contributed by atoms with van der Waals surface area (Å²) in [6, 6.07) is 3.50. The molecule has 0 saturated carbocycles. The summed E-state index contributed by atoms with van der Waals surface area (Å²) < 4.78 is 15.9. The van der Waals surface area contributed by atoms with E-state index >= 15 is 0 Å². The van der Waals surface area contributed by atoms with Crippen molar-refractivity contribution < 1.29 is 19.0 Å². The molecule has 2 rings (SSSR count). The maximum absolute atomic E-state index is 11.5. The molecule has 1 aliphatic heterocycles. The number of hydrogen-bond acceptors (Lipinski definition) is 5. The molecule has 1 saturated heterocycles. The van der Waals surface area contributed by atoms with Crippen molar-refractivity contribution in [1.29, 1.82) is 0 Å². The Morgan fingerprint density at radius 1 is 1.56 bits per heavy atom. The van der Waals surface area contributed by atoms with E-state index in [1.807, 2.05) is 0 Å². The molecule has 18 heavy (non-hydrogen) atoms. The van der Waals surface area contributed by atoms with Gasteiger partial charge in [-0.3, -0.25) is 9.78 Å². The van der Waals surface area contributed by atoms with Gasteiger partial charge in [0.05, 0.1) is 32.1 Å². The first-order valence-corrected chi connectivity index (χ1v) is 5.83. The molecule has 0 unspecified atom stereocenters. The molecular formula is C12H16N2O4. The highest BCUT2D eigenvalue weighted by molar-refractivity contribution is 5.77. The summed E-state index contributed by atoms with van der Waals surface area (Å²) in [5.41, 5.74) is 0. The van der Waals surface area contributed by atoms with Crippen molar-refractivity contribution in [1.82, 2.24) is 10.3 Å². The van der Waals surface area contributed by atoms with Crippen LogP contribution >= 0.6 is 0 Å². The van der Waals surface area contributed by atoms with Gasteiger partial charge in [-0.1, -0.05) is 0 Å². The van der Waals surface area contributed by atoms with E-state index in [-0.39, 0.29) is 18.6 Å². The highest BCUT2D eigenvalue weighted by Crippen LogP contribution is 2.05. The average molecular weight is 252 g/mol. The fourth-order valence-electron chi connectivity index (χ4n) is 1.51. The molecule has 6 heteroatoms. The minimum atomic E-state index is -0.187. The molecule has 1 fully saturated rings. The summed E-state index contributed by atoms with van der Waals surface area (Å²) in [6.45, 7) is 2.12. The van der Waals surface area contributed by atoms with E-state index in [0.29, 0.717) is 32.1 Å². The Hall–Kier alpha value is -1.66. The second-order valence-electron chi connectivity index (χ2n) is 3.85. The molecule has 1 aromatic rings. The SMILES string of the molecule is O=C(COc1cccnc1)NC[C@@H]1COCCO1. The van der Waals surface area contributed by atoms with Gasteiger partial charge in [0.25, 0.3) is 5.91 Å². The molecule has 1 aromatic heterocycles. The number of pyridine rings is 1. The number of hydrogen-bond donors (Lipinski definition) is 1. The molecule has 1 amide bonds. The van der Waals surface area contributed by atoms with Crippen molar-refractivity contribution >= 4 is 5.91 Å². The van der Waals surface area contributed by atoms with Crippen LogP contribution in [0, 0.1) is 0 Å². The lowest BCUT2D eigenvalue weighted by Crippen LogP contribution is -2.41. The van der Waals surface area contributed by atoms with E-state index in [9.17, 15) is 4.79 Å². The van der Waals surface area contributed by atoms with Crippen molar-refractivity contribution in [2.24, 2.45) is 0 Å². The van der Waals surface area contributed by atoms with Crippen molar-refractivity contribution in [2.45, 2.75) is 6.10 Å². The molecule has 0 radical (unpaired) electrons. The van der Waals surface area contributed by atoms with Crippen LogP contribution in [0.3, 0.4) is 0 Å². The van der Waals surface area contributed by atoms with Crippen LogP contribution in [-0.2, 0) is 14.3 Å². The summed E-state index contributed by atoms with van der Waals surface area (Å²) in [6.07, 6.45) is 3.14. The predicted molar refractivity (Wildman–Crippen MR) is 63.3 cm³/mol. The van der Waals surface area contributed by atoms with E-state index in [4.69, 9.17) is 14.2 Å². The Kier molecular flexibility index (Phi) is 4.92. The molecule has 0 aromatic carbocycles. The molecule has 0 spiro atoms. The highest BCUT2D eigenvalue weighted by Gasteiger charge is 2.15. The van der Waals surface area contributed by atoms with Gasteiger partial charge in [-0.15, -0.1) is 0 Å². The van der Waals surface area contributed by atoms with Gasteiger partial charge in [-0.05, 0) is 12.1 Å². The van der Waals surface area contributed by atoms with E-state index < -0.39 is 0 Å². The van der Waals surface area contributed by atoms with Gasteiger partial charge in [-0.2, -0.15) is 0 Å². The number of nitrogens with zero attached hydrogens (tertiary/aromatic N) is 1. The van der Waals surface area contributed by atoms with Crippen molar-refractivity contribution in [3.8, 4) is 5.75 Å². The molecular weight excluding hydrogens is 236 g/mol. The molecule has 2 heterocycles. The summed E-state index contributed by atoms with van der Waals surface area (Å²) >= 11 is 0. The molecule has 0 aliphatic carbocycles. The normalized spacial score (nSPS) is 19.2. The third kappa shape index (κ3) is 4.31. The van der Waals surface area contributed by atoms with Crippen LogP contribution in [0.1, 0.15) is 0 Å². The maximum atomic E-state index is 11.5. The number of rotatable bonds is 5. The summed E-state index contributed by atoms with van der Waals surface area (Å²) in [5, 5.41) is 2.73. The fraction of sp³-hybridized carbons (Fsp3) is 0.500. The molecule has 1 N–H and O–H groups in total. The highest BCUT2D eigenvalue weighted by atomic mass is 16.6. The zero-order chi connectivity index (χ0) is 12.6. The molecule has 98 valence electrons. The van der Waals surface area contributed by atoms with Crippen LogP contribution in [0.25, 0.3) is 0 Å². The van der Waals surface area contributed by atoms with Crippen LogP contribution < -0.4 is 10.1 Å². The topological polar surface area (TPSA) is 69.7 Å². The maximum Gasteiger partial charge on any atom is 0.258 e. The summed E-state index contributed by atoms with van der Waals surface area (Å²) in [5.74, 6) is 0.387. The minimum absolute atomic E-state index is 0.0285. The van der Waals surface area contributed by atoms with Gasteiger partial charge in [-0.25, -0.2) is 0 Å². The number of carbonyl (C=O) groups excluding carboxylic acids is 1. The Bertz CT molecular complexity index is 366. The monoisotopic (exact) mass is 252 g/mol. The first-order chi connectivity index (χ1) is 8.84. The number of nitrogens with one attached hydrogen (secondary N) is 1. The first-order valence-electron chi connectivity index (χ1n) is 5.83. The second-order valence-corrected chi connectivity index (χ2v) is 3.85. The summed E-state index contributed by atoms with van der Waals surface area (Å²) in [7, 11) is 0. The number of aromatic nitrogens is 1. The quantitative estimate of drug-likeness (QED) is 0.798. The predicted octanol–water partition coefficient (Wildman–Crippen LogP) is -0.00800. The van der Waals surface area contributed by atoms with Crippen LogP contribution in [0.4, 0.5) is 0 Å². The van der Waals surface area contributed by atoms with Gasteiger partial charge < -0.3 is 19.5 Å². The Morgan fingerprint density at radius 2 is 2.50 bits per heavy atom. The van der Waals surface area contributed by atoms with E-state index in [1.54, 1.807) is 24.5 Å². The lowest BCUT2D eigenvalue weighted by molar-refractivity contribution is -0.125. The van der Waals surface area contributed by atoms with Crippen LogP contribution in [-0.4, -0.2) is 50.0 Å². The number of amides is 1. The van der Waals surface area contributed by atoms with Crippen molar-refractivity contribution in [2.75, 3.05) is 33.0 Å². The van der Waals surface area contributed by atoms with Crippen molar-refractivity contribution in [3.63, 3.8) is 0 Å². The van der Waals surface area contributed by atoms with Crippen LogP contribution in [0.2, 0.25) is 0 Å². The van der Waals surface area contributed by atoms with Gasteiger partial charge in [0.1, 0.15) is 5.75 Å². The standard InChI is InChI=1S/C12H16N2O4/c15-12(9-18-10-2-1-3-13-6-10)14-7-11-8-16-4-5-17-11/h1-3,6,11H,4-5,7-9H2,(H,14,15)/t11-/m1/s1. The largest absolute Gasteiger partial charge is 0.482 e. The second kappa shape index (κ2) is 6.93. The lowest BCUT2D eigenvalue weighted by atomic mass is 10.3. The Labute approximate surface area is 105 Å². The van der Waals surface area contributed by atoms with E-state index in [1.165, 1.54) is 0 Å². The smallest absolute Gasteiger partial charge is 0.258 e. The van der Waals surface area contributed by atoms with Crippen LogP contribution in [0.5, 0.6) is 5.75 Å². The molecule has 0 bridgehead atoms. The number of ether oxygens (including phenoxy) is 3. The van der Waals surface area contributed by atoms with Gasteiger partial charge in [0.15, 0.2) is 6.61 Å². The van der Waals surface area contributed by atoms with Crippen molar-refractivity contribution in [3.05, 3.63) is 24.5 Å². The molecule has 1 aliphatic rings. The third-order valence-electron chi connectivity index (χ3n) is 2.42. The summed E-state index contributed by atoms with van der Waals surface area (Å²) in [4.78, 5) is 15.4. The minimum Gasteiger partial charge on any atom is -0.482 e. The third-order valence-corrected chi connectivity index (χ3v) is 2.42. The van der Waals surface area contributed by atoms with E-state index in [2.05, 4.69) is 10.3 Å². The Morgan fingerprint density at radius 3 is 3.22 bits per heavy atom. The molecule has 1 atom stereocenters. The zero-order valence-electron chi connectivity index (χ0n) is 10.0. The first kappa shape index (κ1) is 12.8. The number of carbonyl (C=O) groups is 1. The zero-order valence-corrected chi connectivity index (χ0v) is 10.0. The molecule has 6 nitrogen and oxygen atoms in total.